The van der Waals surface area contributed by atoms with Crippen LogP contribution in [0.1, 0.15) is 25.7 Å². The minimum Gasteiger partial charge on any atom is -0.393 e. The molecular formula is C11H20O3. The van der Waals surface area contributed by atoms with Gasteiger partial charge in [-0.1, -0.05) is 12.2 Å². The van der Waals surface area contributed by atoms with Gasteiger partial charge in [-0.05, 0) is 25.7 Å². The van der Waals surface area contributed by atoms with E-state index in [2.05, 4.69) is 13.2 Å². The summed E-state index contributed by atoms with van der Waals surface area (Å²) in [5, 5.41) is 28.1. The number of hydrogen-bond acceptors (Lipinski definition) is 3. The first kappa shape index (κ1) is 13.4. The van der Waals surface area contributed by atoms with E-state index in [1.807, 2.05) is 0 Å². The fourth-order valence-corrected chi connectivity index (χ4v) is 1.30. The van der Waals surface area contributed by atoms with Crippen molar-refractivity contribution in [1.29, 1.82) is 0 Å². The molecule has 0 amide bonds. The van der Waals surface area contributed by atoms with E-state index in [0.29, 0.717) is 12.8 Å². The Morgan fingerprint density at radius 2 is 1.14 bits per heavy atom. The van der Waals surface area contributed by atoms with Crippen molar-refractivity contribution in [3.05, 3.63) is 25.3 Å². The van der Waals surface area contributed by atoms with E-state index >= 15 is 0 Å². The predicted molar refractivity (Wildman–Crippen MR) is 56.9 cm³/mol. The van der Waals surface area contributed by atoms with E-state index in [4.69, 9.17) is 0 Å². The van der Waals surface area contributed by atoms with Gasteiger partial charge in [0, 0.05) is 0 Å². The monoisotopic (exact) mass is 200 g/mol. The molecule has 0 aliphatic rings. The molecule has 0 aliphatic carbocycles. The summed E-state index contributed by atoms with van der Waals surface area (Å²) < 4.78 is 0. The molecule has 0 saturated heterocycles. The van der Waals surface area contributed by atoms with Gasteiger partial charge in [-0.3, -0.25) is 0 Å². The molecule has 0 heterocycles. The molecule has 3 nitrogen and oxygen atoms in total. The van der Waals surface area contributed by atoms with Gasteiger partial charge in [-0.2, -0.15) is 0 Å². The highest BCUT2D eigenvalue weighted by molar-refractivity contribution is 4.78. The van der Waals surface area contributed by atoms with Crippen LogP contribution in [0.3, 0.4) is 0 Å². The Morgan fingerprint density at radius 1 is 0.786 bits per heavy atom. The zero-order valence-electron chi connectivity index (χ0n) is 8.47. The second kappa shape index (κ2) is 7.74. The number of hydrogen-bond donors (Lipinski definition) is 3. The number of aliphatic hydroxyl groups is 3. The lowest BCUT2D eigenvalue weighted by Gasteiger charge is -2.16. The Hall–Kier alpha value is -0.640. The molecule has 0 spiro atoms. The third kappa shape index (κ3) is 6.83. The van der Waals surface area contributed by atoms with Gasteiger partial charge in [0.05, 0.1) is 18.3 Å². The fraction of sp³-hybridized carbons (Fsp3) is 0.636. The summed E-state index contributed by atoms with van der Waals surface area (Å²) in [5.41, 5.74) is 0. The van der Waals surface area contributed by atoms with E-state index in [0.717, 1.165) is 0 Å². The minimum absolute atomic E-state index is 0.278. The van der Waals surface area contributed by atoms with Crippen molar-refractivity contribution in [1.82, 2.24) is 0 Å². The van der Waals surface area contributed by atoms with Crippen LogP contribution in [0.25, 0.3) is 0 Å². The summed E-state index contributed by atoms with van der Waals surface area (Å²) in [7, 11) is 0. The lowest BCUT2D eigenvalue weighted by Crippen LogP contribution is -2.22. The molecular weight excluding hydrogens is 180 g/mol. The van der Waals surface area contributed by atoms with E-state index < -0.39 is 18.3 Å². The van der Waals surface area contributed by atoms with Crippen LogP contribution in [0, 0.1) is 0 Å². The predicted octanol–water partition coefficient (Wildman–Crippen LogP) is 1.00. The molecule has 0 saturated carbocycles. The maximum Gasteiger partial charge on any atom is 0.0599 e. The van der Waals surface area contributed by atoms with Gasteiger partial charge in [0.25, 0.3) is 0 Å². The molecule has 0 radical (unpaired) electrons. The van der Waals surface area contributed by atoms with Gasteiger partial charge in [-0.25, -0.2) is 0 Å². The van der Waals surface area contributed by atoms with Crippen molar-refractivity contribution in [3.8, 4) is 0 Å². The van der Waals surface area contributed by atoms with Crippen LogP contribution in [-0.4, -0.2) is 33.6 Å². The highest BCUT2D eigenvalue weighted by atomic mass is 16.3. The van der Waals surface area contributed by atoms with E-state index in [-0.39, 0.29) is 12.8 Å². The Kier molecular flexibility index (Phi) is 7.38. The molecule has 3 atom stereocenters. The standard InChI is InChI=1S/C11H20O3/c1-3-5-9(12)7-11(14)8-10(13)6-4-2/h3-4,9-14H,1-2,5-8H2/t9-,10+,11?. The van der Waals surface area contributed by atoms with Crippen molar-refractivity contribution in [2.75, 3.05) is 0 Å². The molecule has 1 unspecified atom stereocenters. The average Bonchev–Trinajstić information content (AvgIpc) is 2.03. The van der Waals surface area contributed by atoms with Crippen LogP contribution in [0.5, 0.6) is 0 Å². The lowest BCUT2D eigenvalue weighted by molar-refractivity contribution is 0.0417. The molecule has 3 heteroatoms. The van der Waals surface area contributed by atoms with Gasteiger partial charge in [0.15, 0.2) is 0 Å². The van der Waals surface area contributed by atoms with Crippen LogP contribution in [0.2, 0.25) is 0 Å². The highest BCUT2D eigenvalue weighted by Gasteiger charge is 2.14. The molecule has 0 rings (SSSR count). The van der Waals surface area contributed by atoms with Crippen LogP contribution >= 0.6 is 0 Å². The second-order valence-corrected chi connectivity index (χ2v) is 3.48. The van der Waals surface area contributed by atoms with Gasteiger partial charge in [0.1, 0.15) is 0 Å². The Labute approximate surface area is 85.4 Å². The maximum atomic E-state index is 9.45. The van der Waals surface area contributed by atoms with Crippen LogP contribution in [0.4, 0.5) is 0 Å². The van der Waals surface area contributed by atoms with Gasteiger partial charge < -0.3 is 15.3 Å². The topological polar surface area (TPSA) is 60.7 Å². The SMILES string of the molecule is C=CC[C@@H](O)CC(O)C[C@@H](O)CC=C. The largest absolute Gasteiger partial charge is 0.393 e. The minimum atomic E-state index is -0.667. The first-order valence-electron chi connectivity index (χ1n) is 4.86. The van der Waals surface area contributed by atoms with Gasteiger partial charge >= 0.3 is 0 Å². The molecule has 0 aromatic carbocycles. The van der Waals surface area contributed by atoms with E-state index in [9.17, 15) is 15.3 Å². The quantitative estimate of drug-likeness (QED) is 0.512. The molecule has 14 heavy (non-hydrogen) atoms. The summed E-state index contributed by atoms with van der Waals surface area (Å²) in [5.74, 6) is 0. The molecule has 0 aromatic rings. The summed E-state index contributed by atoms with van der Waals surface area (Å²) in [6, 6.07) is 0. The van der Waals surface area contributed by atoms with Crippen molar-refractivity contribution in [3.63, 3.8) is 0 Å². The summed E-state index contributed by atoms with van der Waals surface area (Å²) in [4.78, 5) is 0. The maximum absolute atomic E-state index is 9.45. The van der Waals surface area contributed by atoms with E-state index in [1.165, 1.54) is 0 Å². The van der Waals surface area contributed by atoms with Gasteiger partial charge in [0.2, 0.25) is 0 Å². The molecule has 0 aromatic heterocycles. The highest BCUT2D eigenvalue weighted by Crippen LogP contribution is 2.10. The van der Waals surface area contributed by atoms with Crippen molar-refractivity contribution >= 4 is 0 Å². The van der Waals surface area contributed by atoms with Crippen molar-refractivity contribution in [2.45, 2.75) is 44.0 Å². The average molecular weight is 200 g/mol. The third-order valence-corrected chi connectivity index (χ3v) is 1.97. The van der Waals surface area contributed by atoms with Crippen molar-refractivity contribution in [2.24, 2.45) is 0 Å². The van der Waals surface area contributed by atoms with Crippen LogP contribution in [0.15, 0.2) is 25.3 Å². The second-order valence-electron chi connectivity index (χ2n) is 3.48. The molecule has 0 fully saturated rings. The number of aliphatic hydroxyl groups excluding tert-OH is 3. The van der Waals surface area contributed by atoms with E-state index in [1.54, 1.807) is 12.2 Å². The fourth-order valence-electron chi connectivity index (χ4n) is 1.30. The third-order valence-electron chi connectivity index (χ3n) is 1.97. The molecule has 3 N–H and O–H groups in total. The Balaban J connectivity index is 3.67. The molecule has 0 aliphatic heterocycles. The first-order chi connectivity index (χ1) is 6.60. The summed E-state index contributed by atoms with van der Waals surface area (Å²) in [6.45, 7) is 6.99. The first-order valence-corrected chi connectivity index (χ1v) is 4.86. The lowest BCUT2D eigenvalue weighted by atomic mass is 10.0. The Bertz CT molecular complexity index is 150. The Morgan fingerprint density at radius 3 is 1.43 bits per heavy atom. The smallest absolute Gasteiger partial charge is 0.0599 e. The molecule has 0 bridgehead atoms. The van der Waals surface area contributed by atoms with Crippen LogP contribution < -0.4 is 0 Å². The van der Waals surface area contributed by atoms with Gasteiger partial charge in [-0.15, -0.1) is 13.2 Å². The normalized spacial score (nSPS) is 17.1. The summed E-state index contributed by atoms with van der Waals surface area (Å²) in [6.07, 6.45) is 2.90. The summed E-state index contributed by atoms with van der Waals surface area (Å²) >= 11 is 0. The molecule has 82 valence electrons. The zero-order chi connectivity index (χ0) is 11.0. The zero-order valence-corrected chi connectivity index (χ0v) is 8.47. The van der Waals surface area contributed by atoms with Crippen LogP contribution in [-0.2, 0) is 0 Å². The van der Waals surface area contributed by atoms with Crippen molar-refractivity contribution < 1.29 is 15.3 Å². The number of rotatable bonds is 8.